The Hall–Kier alpha value is -2.49. The fourth-order valence-electron chi connectivity index (χ4n) is 2.50. The van der Waals surface area contributed by atoms with Crippen LogP contribution in [0.4, 0.5) is 0 Å². The van der Waals surface area contributed by atoms with Crippen LogP contribution in [0.5, 0.6) is 17.2 Å². The van der Waals surface area contributed by atoms with Crippen LogP contribution in [0, 0.1) is 19.8 Å². The molecule has 0 spiro atoms. The van der Waals surface area contributed by atoms with Crippen molar-refractivity contribution in [3.8, 4) is 17.2 Å². The SMILES string of the molecule is COc1c(C)c(O)c(C)c(O)c1C(=O)C=CC1C=CC=CC1. The number of hydrogen-bond donors (Lipinski definition) is 2. The van der Waals surface area contributed by atoms with E-state index in [-0.39, 0.29) is 40.1 Å². The Morgan fingerprint density at radius 3 is 2.55 bits per heavy atom. The van der Waals surface area contributed by atoms with Gasteiger partial charge in [-0.15, -0.1) is 0 Å². The number of phenolic OH excluding ortho intramolecular Hbond substituents is 2. The lowest BCUT2D eigenvalue weighted by molar-refractivity contribution is 0.104. The number of methoxy groups -OCH3 is 1. The van der Waals surface area contributed by atoms with E-state index in [0.29, 0.717) is 5.56 Å². The predicted molar refractivity (Wildman–Crippen MR) is 85.7 cm³/mol. The standard InChI is InChI=1S/C18H20O4/c1-11-16(20)12(2)18(22-3)15(17(11)21)14(19)10-9-13-7-5-4-6-8-13/h4-7,9-10,13,20-21H,8H2,1-3H3. The van der Waals surface area contributed by atoms with Gasteiger partial charge < -0.3 is 14.9 Å². The van der Waals surface area contributed by atoms with E-state index >= 15 is 0 Å². The van der Waals surface area contributed by atoms with E-state index in [1.807, 2.05) is 24.3 Å². The van der Waals surface area contributed by atoms with E-state index in [0.717, 1.165) is 6.42 Å². The second-order valence-corrected chi connectivity index (χ2v) is 5.29. The maximum Gasteiger partial charge on any atom is 0.193 e. The number of aromatic hydroxyl groups is 2. The van der Waals surface area contributed by atoms with Crippen LogP contribution in [0.3, 0.4) is 0 Å². The zero-order valence-electron chi connectivity index (χ0n) is 13.0. The fourth-order valence-corrected chi connectivity index (χ4v) is 2.50. The van der Waals surface area contributed by atoms with Crippen molar-refractivity contribution in [1.82, 2.24) is 0 Å². The van der Waals surface area contributed by atoms with Gasteiger partial charge in [0.05, 0.1) is 7.11 Å². The highest BCUT2D eigenvalue weighted by Crippen LogP contribution is 2.41. The molecule has 0 fully saturated rings. The van der Waals surface area contributed by atoms with E-state index in [2.05, 4.69) is 0 Å². The van der Waals surface area contributed by atoms with Crippen molar-refractivity contribution in [1.29, 1.82) is 0 Å². The van der Waals surface area contributed by atoms with Gasteiger partial charge in [-0.2, -0.15) is 0 Å². The Labute approximate surface area is 130 Å². The molecule has 116 valence electrons. The smallest absolute Gasteiger partial charge is 0.193 e. The molecule has 0 radical (unpaired) electrons. The van der Waals surface area contributed by atoms with Crippen molar-refractivity contribution < 1.29 is 19.7 Å². The molecule has 1 aliphatic rings. The van der Waals surface area contributed by atoms with Gasteiger partial charge in [-0.25, -0.2) is 0 Å². The van der Waals surface area contributed by atoms with E-state index in [1.54, 1.807) is 19.9 Å². The largest absolute Gasteiger partial charge is 0.507 e. The first-order valence-corrected chi connectivity index (χ1v) is 7.12. The summed E-state index contributed by atoms with van der Waals surface area (Å²) in [6.45, 7) is 3.21. The summed E-state index contributed by atoms with van der Waals surface area (Å²) in [5.74, 6) is -0.275. The summed E-state index contributed by atoms with van der Waals surface area (Å²) < 4.78 is 5.21. The molecule has 1 aliphatic carbocycles. The highest BCUT2D eigenvalue weighted by molar-refractivity contribution is 6.09. The average Bonchev–Trinajstić information content (AvgIpc) is 2.54. The van der Waals surface area contributed by atoms with Crippen LogP contribution in [0.25, 0.3) is 0 Å². The first kappa shape index (κ1) is 15.9. The molecule has 4 heteroatoms. The molecule has 4 nitrogen and oxygen atoms in total. The lowest BCUT2D eigenvalue weighted by atomic mass is 9.96. The van der Waals surface area contributed by atoms with Gasteiger partial charge in [0, 0.05) is 11.1 Å². The number of rotatable bonds is 4. The summed E-state index contributed by atoms with van der Waals surface area (Å²) in [6, 6.07) is 0. The monoisotopic (exact) mass is 300 g/mol. The van der Waals surface area contributed by atoms with Gasteiger partial charge in [0.2, 0.25) is 0 Å². The van der Waals surface area contributed by atoms with Crippen molar-refractivity contribution in [2.24, 2.45) is 5.92 Å². The summed E-state index contributed by atoms with van der Waals surface area (Å²) in [6.07, 6.45) is 12.0. The van der Waals surface area contributed by atoms with Crippen LogP contribution in [0.2, 0.25) is 0 Å². The summed E-state index contributed by atoms with van der Waals surface area (Å²) in [4.78, 5) is 12.5. The molecular weight excluding hydrogens is 280 g/mol. The molecule has 0 bridgehead atoms. The third-order valence-corrected chi connectivity index (χ3v) is 3.83. The summed E-state index contributed by atoms with van der Waals surface area (Å²) in [5, 5.41) is 20.2. The Kier molecular flexibility index (Phi) is 4.71. The van der Waals surface area contributed by atoms with Crippen LogP contribution in [0.15, 0.2) is 36.5 Å². The molecule has 1 unspecified atom stereocenters. The fraction of sp³-hybridized carbons (Fsp3) is 0.278. The topological polar surface area (TPSA) is 66.8 Å². The lowest BCUT2D eigenvalue weighted by Gasteiger charge is -2.15. The third kappa shape index (κ3) is 2.91. The highest BCUT2D eigenvalue weighted by atomic mass is 16.5. The van der Waals surface area contributed by atoms with Gasteiger partial charge >= 0.3 is 0 Å². The van der Waals surface area contributed by atoms with Gasteiger partial charge in [-0.05, 0) is 32.3 Å². The molecule has 2 N–H and O–H groups in total. The van der Waals surface area contributed by atoms with Crippen LogP contribution in [0.1, 0.15) is 27.9 Å². The van der Waals surface area contributed by atoms with Gasteiger partial charge in [0.25, 0.3) is 0 Å². The minimum atomic E-state index is -0.344. The van der Waals surface area contributed by atoms with Crippen LogP contribution < -0.4 is 4.74 Å². The second kappa shape index (κ2) is 6.52. The molecule has 0 saturated heterocycles. The van der Waals surface area contributed by atoms with Crippen LogP contribution in [-0.2, 0) is 0 Å². The number of phenols is 2. The number of carbonyl (C=O) groups excluding carboxylic acids is 1. The zero-order chi connectivity index (χ0) is 16.3. The van der Waals surface area contributed by atoms with E-state index in [1.165, 1.54) is 13.2 Å². The van der Waals surface area contributed by atoms with E-state index in [4.69, 9.17) is 4.74 Å². The molecule has 22 heavy (non-hydrogen) atoms. The average molecular weight is 300 g/mol. The van der Waals surface area contributed by atoms with Crippen molar-refractivity contribution in [2.75, 3.05) is 7.11 Å². The van der Waals surface area contributed by atoms with Gasteiger partial charge in [-0.3, -0.25) is 4.79 Å². The zero-order valence-corrected chi connectivity index (χ0v) is 13.0. The number of ether oxygens (including phenoxy) is 1. The van der Waals surface area contributed by atoms with Crippen molar-refractivity contribution in [2.45, 2.75) is 20.3 Å². The van der Waals surface area contributed by atoms with Gasteiger partial charge in [0.15, 0.2) is 5.78 Å². The highest BCUT2D eigenvalue weighted by Gasteiger charge is 2.23. The molecule has 0 aromatic heterocycles. The summed E-state index contributed by atoms with van der Waals surface area (Å²) >= 11 is 0. The molecule has 1 aromatic rings. The summed E-state index contributed by atoms with van der Waals surface area (Å²) in [5.41, 5.74) is 0.799. The quantitative estimate of drug-likeness (QED) is 0.658. The molecule has 2 rings (SSSR count). The second-order valence-electron chi connectivity index (χ2n) is 5.29. The van der Waals surface area contributed by atoms with Crippen molar-refractivity contribution in [3.63, 3.8) is 0 Å². The molecule has 0 amide bonds. The summed E-state index contributed by atoms with van der Waals surface area (Å²) in [7, 11) is 1.41. The van der Waals surface area contributed by atoms with E-state index in [9.17, 15) is 15.0 Å². The number of allylic oxidation sites excluding steroid dienone is 6. The Morgan fingerprint density at radius 1 is 1.23 bits per heavy atom. The third-order valence-electron chi connectivity index (χ3n) is 3.83. The number of carbonyl (C=O) groups is 1. The van der Waals surface area contributed by atoms with Gasteiger partial charge in [0.1, 0.15) is 22.8 Å². The van der Waals surface area contributed by atoms with Crippen molar-refractivity contribution in [3.05, 3.63) is 53.1 Å². The van der Waals surface area contributed by atoms with Crippen molar-refractivity contribution >= 4 is 5.78 Å². The molecule has 1 aromatic carbocycles. The molecule has 0 saturated carbocycles. The van der Waals surface area contributed by atoms with Gasteiger partial charge in [-0.1, -0.05) is 30.4 Å². The predicted octanol–water partition coefficient (Wildman–Crippen LogP) is 3.59. The van der Waals surface area contributed by atoms with Crippen LogP contribution >= 0.6 is 0 Å². The first-order valence-electron chi connectivity index (χ1n) is 7.12. The lowest BCUT2D eigenvalue weighted by Crippen LogP contribution is -2.04. The Bertz CT molecular complexity index is 681. The minimum absolute atomic E-state index is 0.0600. The molecule has 0 heterocycles. The molecule has 1 atom stereocenters. The first-order chi connectivity index (χ1) is 10.5. The maximum absolute atomic E-state index is 12.5. The normalized spacial score (nSPS) is 17.1. The maximum atomic E-state index is 12.5. The Balaban J connectivity index is 2.39. The van der Waals surface area contributed by atoms with E-state index < -0.39 is 0 Å². The van der Waals surface area contributed by atoms with Crippen LogP contribution in [-0.4, -0.2) is 23.1 Å². The number of benzene rings is 1. The molecular formula is C18H20O4. The minimum Gasteiger partial charge on any atom is -0.507 e. The molecule has 0 aliphatic heterocycles. The number of hydrogen-bond acceptors (Lipinski definition) is 4. The Morgan fingerprint density at radius 2 is 1.95 bits per heavy atom. The number of ketones is 1.